The highest BCUT2D eigenvalue weighted by atomic mass is 19.1. The van der Waals surface area contributed by atoms with Crippen molar-refractivity contribution in [1.82, 2.24) is 52.3 Å². The second kappa shape index (κ2) is 28.2. The molecule has 1 aliphatic heterocycles. The lowest BCUT2D eigenvalue weighted by atomic mass is 9.85. The molecule has 1 aromatic carbocycles. The van der Waals surface area contributed by atoms with E-state index in [1.807, 2.05) is 67.5 Å². The second-order valence-electron chi connectivity index (χ2n) is 26.3. The number of amides is 9. The summed E-state index contributed by atoms with van der Waals surface area (Å²) in [5, 5.41) is 22.7. The van der Waals surface area contributed by atoms with Crippen LogP contribution in [0.2, 0.25) is 0 Å². The molecule has 6 atom stereocenters. The maximum atomic E-state index is 14.5. The molecule has 3 fully saturated rings. The van der Waals surface area contributed by atoms with E-state index in [-0.39, 0.29) is 59.9 Å². The van der Waals surface area contributed by atoms with Crippen LogP contribution in [0.1, 0.15) is 184 Å². The van der Waals surface area contributed by atoms with Crippen LogP contribution in [0.25, 0.3) is 0 Å². The van der Waals surface area contributed by atoms with Crippen molar-refractivity contribution in [1.29, 1.82) is 0 Å². The van der Waals surface area contributed by atoms with E-state index < -0.39 is 99.9 Å². The Balaban J connectivity index is 1.48. The first kappa shape index (κ1) is 65.9. The van der Waals surface area contributed by atoms with Crippen LogP contribution in [0.4, 0.5) is 4.39 Å². The van der Waals surface area contributed by atoms with Crippen molar-refractivity contribution in [3.63, 3.8) is 0 Å². The van der Waals surface area contributed by atoms with Gasteiger partial charge in [0.15, 0.2) is 0 Å². The van der Waals surface area contributed by atoms with Crippen LogP contribution in [0, 0.1) is 34.9 Å². The Bertz CT molecular complexity index is 2310. The molecule has 1 heterocycles. The van der Waals surface area contributed by atoms with Gasteiger partial charge >= 0.3 is 0 Å². The summed E-state index contributed by atoms with van der Waals surface area (Å²) in [6.45, 7) is 23.2. The highest BCUT2D eigenvalue weighted by molar-refractivity contribution is 6.01. The summed E-state index contributed by atoms with van der Waals surface area (Å²) >= 11 is 0. The fraction of sp³-hybridized carbons (Fsp3) is 0.746. The number of carbonyl (C=O) groups is 9. The van der Waals surface area contributed by atoms with Gasteiger partial charge in [0.25, 0.3) is 5.91 Å². The van der Waals surface area contributed by atoms with Gasteiger partial charge in [0, 0.05) is 24.7 Å². The van der Waals surface area contributed by atoms with E-state index >= 15 is 0 Å². The Labute approximate surface area is 469 Å². The predicted octanol–water partition coefficient (Wildman–Crippen LogP) is 5.01. The van der Waals surface area contributed by atoms with Gasteiger partial charge in [-0.15, -0.1) is 0 Å². The van der Waals surface area contributed by atoms with Gasteiger partial charge in [-0.05, 0) is 167 Å². The van der Waals surface area contributed by atoms with Crippen molar-refractivity contribution >= 4 is 53.2 Å². The van der Waals surface area contributed by atoms with Gasteiger partial charge in [-0.1, -0.05) is 73.6 Å². The van der Waals surface area contributed by atoms with E-state index in [0.29, 0.717) is 38.3 Å². The standard InChI is InChI=1S/C59H97FN10O9/c1-35(2)29-43(48(72)64-45(31-37(5)6)50(74)67-58(12,13)55(79)68-57(10,11)53(77)61-38(7)33-69(14)15)65-54(78)56(8,9)66-49(73)44(30-36(3)4)63-47(71)42(26-21-39-19-17-16-18-20-39)62-51(75)46-32-59(27-28-59)34-70(46)52(76)40-22-24-41(60)25-23-40/h22-25,35-39,42-46H,16-21,26-34H2,1-15H3,(H,61,77)(H,62,75)(H,63,71)(H,64,72)(H,65,78)(H,66,73)(H,67,74)(H,68,79)/t38-,42-,43-,44-,45-,46-/m0/s1. The van der Waals surface area contributed by atoms with Crippen LogP contribution < -0.4 is 42.5 Å². The van der Waals surface area contributed by atoms with Gasteiger partial charge in [-0.2, -0.15) is 0 Å². The molecule has 2 saturated carbocycles. The Morgan fingerprint density at radius 2 is 1.05 bits per heavy atom. The number of halogens is 1. The number of rotatable bonds is 28. The molecule has 0 aromatic heterocycles. The first-order valence-electron chi connectivity index (χ1n) is 28.8. The Morgan fingerprint density at radius 3 is 1.53 bits per heavy atom. The van der Waals surface area contributed by atoms with Gasteiger partial charge < -0.3 is 52.3 Å². The maximum absolute atomic E-state index is 14.5. The summed E-state index contributed by atoms with van der Waals surface area (Å²) in [5.74, 6) is -5.56. The number of carbonyl (C=O) groups excluding carboxylic acids is 9. The van der Waals surface area contributed by atoms with Crippen molar-refractivity contribution in [3.05, 3.63) is 35.6 Å². The van der Waals surface area contributed by atoms with Gasteiger partial charge in [0.05, 0.1) is 0 Å². The van der Waals surface area contributed by atoms with Crippen molar-refractivity contribution in [2.75, 3.05) is 27.2 Å². The molecule has 1 saturated heterocycles. The number of likely N-dealkylation sites (N-methyl/N-ethyl adjacent to an activating group) is 1. The molecule has 9 amide bonds. The molecule has 79 heavy (non-hydrogen) atoms. The molecule has 444 valence electrons. The monoisotopic (exact) mass is 1110 g/mol. The maximum Gasteiger partial charge on any atom is 0.254 e. The van der Waals surface area contributed by atoms with Gasteiger partial charge in [0.2, 0.25) is 47.3 Å². The highest BCUT2D eigenvalue weighted by Crippen LogP contribution is 2.55. The normalized spacial score (nSPS) is 18.5. The predicted molar refractivity (Wildman–Crippen MR) is 302 cm³/mol. The zero-order valence-corrected chi connectivity index (χ0v) is 50.1. The van der Waals surface area contributed by atoms with Gasteiger partial charge in [-0.25, -0.2) is 4.39 Å². The third kappa shape index (κ3) is 20.1. The molecular weight excluding hydrogens is 1010 g/mol. The Morgan fingerprint density at radius 1 is 0.595 bits per heavy atom. The summed E-state index contributed by atoms with van der Waals surface area (Å²) in [6.07, 6.45) is 8.98. The third-order valence-electron chi connectivity index (χ3n) is 15.4. The lowest BCUT2D eigenvalue weighted by Crippen LogP contribution is -2.65. The van der Waals surface area contributed by atoms with E-state index in [1.54, 1.807) is 13.8 Å². The molecule has 0 unspecified atom stereocenters. The number of likely N-dealkylation sites (tertiary alicyclic amines) is 1. The smallest absolute Gasteiger partial charge is 0.254 e. The van der Waals surface area contributed by atoms with E-state index in [2.05, 4.69) is 42.5 Å². The van der Waals surface area contributed by atoms with Crippen LogP contribution in [-0.2, 0) is 38.4 Å². The molecule has 1 aromatic rings. The van der Waals surface area contributed by atoms with Crippen molar-refractivity contribution in [2.24, 2.45) is 29.1 Å². The number of hydrogen-bond acceptors (Lipinski definition) is 10. The first-order chi connectivity index (χ1) is 36.6. The molecule has 3 aliphatic rings. The Hall–Kier alpha value is -5.66. The largest absolute Gasteiger partial charge is 0.350 e. The van der Waals surface area contributed by atoms with Crippen LogP contribution in [0.3, 0.4) is 0 Å². The number of nitrogens with zero attached hydrogens (tertiary/aromatic N) is 2. The molecular formula is C59H97FN10O9. The zero-order chi connectivity index (χ0) is 59.4. The summed E-state index contributed by atoms with van der Waals surface area (Å²) < 4.78 is 13.8. The molecule has 1 spiro atoms. The van der Waals surface area contributed by atoms with Crippen LogP contribution in [-0.4, -0.2) is 143 Å². The molecule has 0 radical (unpaired) electrons. The number of hydrogen-bond donors (Lipinski definition) is 8. The van der Waals surface area contributed by atoms with Crippen LogP contribution >= 0.6 is 0 Å². The van der Waals surface area contributed by atoms with E-state index in [9.17, 15) is 47.5 Å². The zero-order valence-electron chi connectivity index (χ0n) is 50.1. The third-order valence-corrected chi connectivity index (χ3v) is 15.4. The first-order valence-corrected chi connectivity index (χ1v) is 28.8. The van der Waals surface area contributed by atoms with E-state index in [0.717, 1.165) is 44.9 Å². The van der Waals surface area contributed by atoms with E-state index in [1.165, 1.54) is 56.9 Å². The number of nitrogens with one attached hydrogen (secondary N) is 8. The van der Waals surface area contributed by atoms with Crippen LogP contribution in [0.5, 0.6) is 0 Å². The van der Waals surface area contributed by atoms with Crippen molar-refractivity contribution in [2.45, 2.75) is 226 Å². The summed E-state index contributed by atoms with van der Waals surface area (Å²) in [6, 6.07) is -0.304. The fourth-order valence-corrected chi connectivity index (χ4v) is 10.6. The van der Waals surface area contributed by atoms with Gasteiger partial charge in [-0.3, -0.25) is 43.2 Å². The average molecular weight is 1110 g/mol. The molecule has 20 heteroatoms. The van der Waals surface area contributed by atoms with Crippen LogP contribution in [0.15, 0.2) is 24.3 Å². The minimum atomic E-state index is -1.63. The van der Waals surface area contributed by atoms with Gasteiger partial charge in [0.1, 0.15) is 52.6 Å². The fourth-order valence-electron chi connectivity index (χ4n) is 10.6. The van der Waals surface area contributed by atoms with E-state index in [4.69, 9.17) is 0 Å². The number of benzene rings is 1. The Kier molecular flexibility index (Phi) is 23.5. The quantitative estimate of drug-likeness (QED) is 0.0557. The second-order valence-corrected chi connectivity index (χ2v) is 26.3. The van der Waals surface area contributed by atoms with Crippen molar-refractivity contribution < 1.29 is 47.5 Å². The average Bonchev–Trinajstić information content (AvgIpc) is 4.00. The highest BCUT2D eigenvalue weighted by Gasteiger charge is 2.55. The summed E-state index contributed by atoms with van der Waals surface area (Å²) in [7, 11) is 3.77. The minimum Gasteiger partial charge on any atom is -0.350 e. The lowest BCUT2D eigenvalue weighted by Gasteiger charge is -2.34. The topological polar surface area (TPSA) is 256 Å². The molecule has 4 rings (SSSR count). The summed E-state index contributed by atoms with van der Waals surface area (Å²) in [4.78, 5) is 130. The molecule has 19 nitrogen and oxygen atoms in total. The minimum absolute atomic E-state index is 0.0907. The molecule has 8 N–H and O–H groups in total. The molecule has 2 aliphatic carbocycles. The van der Waals surface area contributed by atoms with Crippen molar-refractivity contribution in [3.8, 4) is 0 Å². The lowest BCUT2D eigenvalue weighted by molar-refractivity contribution is -0.139. The molecule has 0 bridgehead atoms. The SMILES string of the molecule is CC(C)C[C@H](NC(=O)[C@H](CCC1CCCCC1)NC(=O)[C@@H]1CC2(CC2)CN1C(=O)c1ccc(F)cc1)C(=O)NC(C)(C)C(=O)N[C@@H](CC(C)C)C(=O)N[C@@H](CC(C)C)C(=O)NC(C)(C)C(=O)NC(C)(C)C(=O)N[C@@H](C)CN(C)C. The summed E-state index contributed by atoms with van der Waals surface area (Å²) in [5.41, 5.74) is -4.43.